The van der Waals surface area contributed by atoms with E-state index in [1.165, 1.54) is 12.1 Å². The molecule has 1 aromatic heterocycles. The first-order valence-corrected chi connectivity index (χ1v) is 8.68. The molecule has 1 amide bonds. The van der Waals surface area contributed by atoms with Gasteiger partial charge in [-0.1, -0.05) is 0 Å². The number of furan rings is 1. The molecule has 0 aliphatic rings. The van der Waals surface area contributed by atoms with E-state index in [1.54, 1.807) is 12.1 Å². The van der Waals surface area contributed by atoms with E-state index in [4.69, 9.17) is 4.42 Å². The van der Waals surface area contributed by atoms with E-state index in [-0.39, 0.29) is 41.7 Å². The molecule has 8 heteroatoms. The molecule has 0 fully saturated rings. The van der Waals surface area contributed by atoms with E-state index in [0.717, 1.165) is 18.1 Å². The fourth-order valence-electron chi connectivity index (χ4n) is 2.33. The molecule has 0 saturated carbocycles. The molecule has 4 N–H and O–H groups in total. The largest absolute Gasteiger partial charge is 0.508 e. The van der Waals surface area contributed by atoms with Crippen LogP contribution in [-0.2, 0) is 0 Å². The summed E-state index contributed by atoms with van der Waals surface area (Å²) in [5, 5.41) is 18.5. The van der Waals surface area contributed by atoms with Gasteiger partial charge >= 0.3 is 0 Å². The average Bonchev–Trinajstić information content (AvgIpc) is 3.05. The number of aliphatic imine (C=N–C) groups is 1. The van der Waals surface area contributed by atoms with E-state index < -0.39 is 0 Å². The fraction of sp³-hybridized carbons (Fsp3) is 0.368. The summed E-state index contributed by atoms with van der Waals surface area (Å²) in [5.41, 5.74) is 0.499. The molecule has 1 atom stereocenters. The lowest BCUT2D eigenvalue weighted by Gasteiger charge is -2.16. The molecule has 2 rings (SSSR count). The van der Waals surface area contributed by atoms with Gasteiger partial charge in [-0.05, 0) is 57.2 Å². The van der Waals surface area contributed by atoms with Crippen molar-refractivity contribution in [2.75, 3.05) is 19.6 Å². The number of rotatable bonds is 7. The van der Waals surface area contributed by atoms with Crippen molar-refractivity contribution in [3.63, 3.8) is 0 Å². The number of guanidine groups is 1. The summed E-state index contributed by atoms with van der Waals surface area (Å²) >= 11 is 0. The number of phenols is 1. The Hall–Kier alpha value is -2.23. The molecular weight excluding hydrogens is 459 g/mol. The van der Waals surface area contributed by atoms with E-state index in [0.29, 0.717) is 24.6 Å². The van der Waals surface area contributed by atoms with Gasteiger partial charge in [-0.15, -0.1) is 24.0 Å². The molecule has 0 spiro atoms. The number of amides is 1. The third-order valence-corrected chi connectivity index (χ3v) is 3.68. The zero-order valence-corrected chi connectivity index (χ0v) is 18.1. The van der Waals surface area contributed by atoms with Crippen LogP contribution in [0.4, 0.5) is 0 Å². The molecular formula is C19H27IN4O3. The van der Waals surface area contributed by atoms with Crippen LogP contribution in [0.25, 0.3) is 0 Å². The second-order valence-electron chi connectivity index (χ2n) is 5.88. The molecule has 0 aliphatic heterocycles. The smallest absolute Gasteiger partial charge is 0.251 e. The van der Waals surface area contributed by atoms with Gasteiger partial charge in [0, 0.05) is 18.7 Å². The predicted octanol–water partition coefficient (Wildman–Crippen LogP) is 2.96. The monoisotopic (exact) mass is 486 g/mol. The summed E-state index contributed by atoms with van der Waals surface area (Å²) in [5.74, 6) is 2.31. The number of carbonyl (C=O) groups is 1. The normalized spacial score (nSPS) is 12.0. The van der Waals surface area contributed by atoms with Gasteiger partial charge in [-0.3, -0.25) is 9.79 Å². The van der Waals surface area contributed by atoms with Gasteiger partial charge in [0.05, 0.1) is 12.6 Å². The molecule has 1 aromatic carbocycles. The van der Waals surface area contributed by atoms with Gasteiger partial charge < -0.3 is 25.5 Å². The van der Waals surface area contributed by atoms with Crippen molar-refractivity contribution in [3.05, 3.63) is 53.5 Å². The number of nitrogens with zero attached hydrogens (tertiary/aromatic N) is 1. The standard InChI is InChI=1S/C19H26N4O3.HI/c1-4-20-19(23-14(3)17-10-5-13(2)26-17)22-12-11-21-18(25)15-6-8-16(24)9-7-15;/h5-10,14,24H,4,11-12H2,1-3H3,(H,21,25)(H2,20,22,23);1H. The van der Waals surface area contributed by atoms with Crippen LogP contribution >= 0.6 is 24.0 Å². The van der Waals surface area contributed by atoms with E-state index in [2.05, 4.69) is 20.9 Å². The molecule has 0 aliphatic carbocycles. The molecule has 2 aromatic rings. The van der Waals surface area contributed by atoms with E-state index in [9.17, 15) is 9.90 Å². The number of carbonyl (C=O) groups excluding carboxylic acids is 1. The lowest BCUT2D eigenvalue weighted by atomic mass is 10.2. The molecule has 1 unspecified atom stereocenters. The fourth-order valence-corrected chi connectivity index (χ4v) is 2.33. The first-order valence-electron chi connectivity index (χ1n) is 8.68. The SMILES string of the molecule is CCNC(=NCCNC(=O)c1ccc(O)cc1)NC(C)c1ccc(C)o1.I. The van der Waals surface area contributed by atoms with Crippen molar-refractivity contribution in [1.29, 1.82) is 0 Å². The van der Waals surface area contributed by atoms with Gasteiger partial charge in [0.25, 0.3) is 5.91 Å². The molecule has 27 heavy (non-hydrogen) atoms. The van der Waals surface area contributed by atoms with Crippen LogP contribution in [-0.4, -0.2) is 36.6 Å². The highest BCUT2D eigenvalue weighted by atomic mass is 127. The van der Waals surface area contributed by atoms with Crippen molar-refractivity contribution >= 4 is 35.8 Å². The number of hydrogen-bond donors (Lipinski definition) is 4. The minimum absolute atomic E-state index is 0. The Labute approximate surface area is 176 Å². The Morgan fingerprint density at radius 1 is 1.19 bits per heavy atom. The third-order valence-electron chi connectivity index (χ3n) is 3.68. The molecule has 0 saturated heterocycles. The summed E-state index contributed by atoms with van der Waals surface area (Å²) < 4.78 is 5.62. The highest BCUT2D eigenvalue weighted by Crippen LogP contribution is 2.15. The number of aromatic hydroxyl groups is 1. The minimum Gasteiger partial charge on any atom is -0.508 e. The van der Waals surface area contributed by atoms with Crippen molar-refractivity contribution in [2.45, 2.75) is 26.8 Å². The maximum absolute atomic E-state index is 12.0. The summed E-state index contributed by atoms with van der Waals surface area (Å²) in [4.78, 5) is 16.5. The number of halogens is 1. The molecule has 148 valence electrons. The average molecular weight is 486 g/mol. The molecule has 0 radical (unpaired) electrons. The molecule has 1 heterocycles. The van der Waals surface area contributed by atoms with Crippen molar-refractivity contribution < 1.29 is 14.3 Å². The number of hydrogen-bond acceptors (Lipinski definition) is 4. The second-order valence-corrected chi connectivity index (χ2v) is 5.88. The van der Waals surface area contributed by atoms with Gasteiger partial charge in [-0.2, -0.15) is 0 Å². The second kappa shape index (κ2) is 11.5. The highest BCUT2D eigenvalue weighted by Gasteiger charge is 2.11. The summed E-state index contributed by atoms with van der Waals surface area (Å²) in [6, 6.07) is 9.97. The number of aryl methyl sites for hydroxylation is 1. The van der Waals surface area contributed by atoms with Crippen LogP contribution in [0, 0.1) is 6.92 Å². The molecule has 0 bridgehead atoms. The summed E-state index contributed by atoms with van der Waals surface area (Å²) in [7, 11) is 0. The zero-order chi connectivity index (χ0) is 18.9. The predicted molar refractivity (Wildman–Crippen MR) is 117 cm³/mol. The van der Waals surface area contributed by atoms with E-state index in [1.807, 2.05) is 32.9 Å². The summed E-state index contributed by atoms with van der Waals surface area (Å²) in [6.07, 6.45) is 0. The Kier molecular flexibility index (Phi) is 9.70. The van der Waals surface area contributed by atoms with Crippen molar-refractivity contribution in [3.8, 4) is 5.75 Å². The van der Waals surface area contributed by atoms with Crippen LogP contribution < -0.4 is 16.0 Å². The van der Waals surface area contributed by atoms with Gasteiger partial charge in [0.2, 0.25) is 0 Å². The number of nitrogens with one attached hydrogen (secondary N) is 3. The Bertz CT molecular complexity index is 744. The highest BCUT2D eigenvalue weighted by molar-refractivity contribution is 14.0. The first-order chi connectivity index (χ1) is 12.5. The third kappa shape index (κ3) is 7.49. The first kappa shape index (κ1) is 22.8. The number of benzene rings is 1. The quantitative estimate of drug-likeness (QED) is 0.209. The lowest BCUT2D eigenvalue weighted by molar-refractivity contribution is 0.0955. The number of phenolic OH excluding ortho intramolecular Hbond substituents is 1. The Morgan fingerprint density at radius 3 is 2.48 bits per heavy atom. The van der Waals surface area contributed by atoms with Crippen LogP contribution in [0.1, 0.15) is 41.8 Å². The van der Waals surface area contributed by atoms with Crippen LogP contribution in [0.5, 0.6) is 5.75 Å². The Morgan fingerprint density at radius 2 is 1.89 bits per heavy atom. The zero-order valence-electron chi connectivity index (χ0n) is 15.8. The van der Waals surface area contributed by atoms with Crippen molar-refractivity contribution in [2.24, 2.45) is 4.99 Å². The lowest BCUT2D eigenvalue weighted by Crippen LogP contribution is -2.39. The Balaban J connectivity index is 0.00000364. The van der Waals surface area contributed by atoms with Gasteiger partial charge in [0.1, 0.15) is 17.3 Å². The van der Waals surface area contributed by atoms with Gasteiger partial charge in [-0.25, -0.2) is 0 Å². The van der Waals surface area contributed by atoms with Gasteiger partial charge in [0.15, 0.2) is 5.96 Å². The van der Waals surface area contributed by atoms with Crippen LogP contribution in [0.2, 0.25) is 0 Å². The van der Waals surface area contributed by atoms with Crippen LogP contribution in [0.15, 0.2) is 45.8 Å². The maximum Gasteiger partial charge on any atom is 0.251 e. The maximum atomic E-state index is 12.0. The van der Waals surface area contributed by atoms with E-state index >= 15 is 0 Å². The molecule has 7 nitrogen and oxygen atoms in total. The van der Waals surface area contributed by atoms with Crippen LogP contribution in [0.3, 0.4) is 0 Å². The van der Waals surface area contributed by atoms with Crippen molar-refractivity contribution in [1.82, 2.24) is 16.0 Å². The topological polar surface area (TPSA) is 98.9 Å². The minimum atomic E-state index is -0.197. The summed E-state index contributed by atoms with van der Waals surface area (Å²) in [6.45, 7) is 7.47.